The van der Waals surface area contributed by atoms with E-state index in [2.05, 4.69) is 10.3 Å². The molecule has 1 amide bonds. The van der Waals surface area contributed by atoms with Crippen molar-refractivity contribution in [3.05, 3.63) is 58.8 Å². The van der Waals surface area contributed by atoms with Crippen molar-refractivity contribution in [2.75, 3.05) is 11.1 Å². The van der Waals surface area contributed by atoms with Crippen molar-refractivity contribution in [1.29, 1.82) is 0 Å². The zero-order valence-corrected chi connectivity index (χ0v) is 18.0. The van der Waals surface area contributed by atoms with Crippen LogP contribution < -0.4 is 10.9 Å². The van der Waals surface area contributed by atoms with E-state index in [-0.39, 0.29) is 28.8 Å². The number of aromatic nitrogens is 3. The van der Waals surface area contributed by atoms with E-state index in [0.717, 1.165) is 22.0 Å². The zero-order chi connectivity index (χ0) is 21.3. The highest BCUT2D eigenvalue weighted by Gasteiger charge is 2.18. The number of benzene rings is 1. The molecule has 0 unspecified atom stereocenters. The number of nitrogens with zero attached hydrogens (tertiary/aromatic N) is 3. The molecule has 0 aliphatic rings. The maximum atomic E-state index is 13.8. The van der Waals surface area contributed by atoms with Crippen LogP contribution in [0, 0.1) is 11.7 Å². The highest BCUT2D eigenvalue weighted by molar-refractivity contribution is 7.99. The lowest BCUT2D eigenvalue weighted by atomic mass is 10.2. The summed E-state index contributed by atoms with van der Waals surface area (Å²) in [4.78, 5) is 35.3. The minimum Gasteiger partial charge on any atom is -0.323 e. The Bertz CT molecular complexity index is 1300. The van der Waals surface area contributed by atoms with Gasteiger partial charge in [-0.1, -0.05) is 37.7 Å². The van der Waals surface area contributed by atoms with Crippen LogP contribution in [0.5, 0.6) is 0 Å². The summed E-state index contributed by atoms with van der Waals surface area (Å²) in [7, 11) is 0. The van der Waals surface area contributed by atoms with Gasteiger partial charge in [0.25, 0.3) is 5.56 Å². The molecule has 0 saturated carbocycles. The first kappa shape index (κ1) is 20.5. The third-order valence-electron chi connectivity index (χ3n) is 4.35. The van der Waals surface area contributed by atoms with Gasteiger partial charge in [-0.05, 0) is 30.2 Å². The molecule has 6 nitrogen and oxygen atoms in total. The predicted molar refractivity (Wildman–Crippen MR) is 120 cm³/mol. The molecule has 3 aromatic heterocycles. The largest absolute Gasteiger partial charge is 0.323 e. The van der Waals surface area contributed by atoms with E-state index in [1.807, 2.05) is 26.0 Å². The monoisotopic (exact) mass is 442 g/mol. The quantitative estimate of drug-likeness (QED) is 0.351. The molecule has 0 atom stereocenters. The Kier molecular flexibility index (Phi) is 5.83. The van der Waals surface area contributed by atoms with Crippen LogP contribution in [0.15, 0.2) is 52.5 Å². The first-order chi connectivity index (χ1) is 14.4. The number of anilines is 1. The first-order valence-corrected chi connectivity index (χ1v) is 11.2. The molecule has 4 aromatic rings. The molecule has 0 bridgehead atoms. The molecule has 9 heteroatoms. The number of amides is 1. The van der Waals surface area contributed by atoms with Crippen LogP contribution in [0.4, 0.5) is 10.1 Å². The SMILES string of the molecule is CC(C)Cn1c(SCC(=O)Nc2ccccc2F)nc2c(sc3ncccc32)c1=O. The third-order valence-corrected chi connectivity index (χ3v) is 6.41. The predicted octanol–water partition coefficient (Wildman–Crippen LogP) is 4.53. The molecule has 0 aliphatic carbocycles. The Morgan fingerprint density at radius 1 is 1.27 bits per heavy atom. The average Bonchev–Trinajstić information content (AvgIpc) is 3.09. The van der Waals surface area contributed by atoms with Gasteiger partial charge in [-0.2, -0.15) is 0 Å². The molecule has 4 rings (SSSR count). The summed E-state index contributed by atoms with van der Waals surface area (Å²) in [5, 5.41) is 3.85. The summed E-state index contributed by atoms with van der Waals surface area (Å²) in [5.74, 6) is -0.636. The number of thioether (sulfide) groups is 1. The van der Waals surface area contributed by atoms with Gasteiger partial charge in [0.1, 0.15) is 15.3 Å². The molecular formula is C21H19FN4O2S2. The maximum Gasteiger partial charge on any atom is 0.272 e. The van der Waals surface area contributed by atoms with E-state index >= 15 is 0 Å². The van der Waals surface area contributed by atoms with Gasteiger partial charge in [0.15, 0.2) is 5.16 Å². The normalized spacial score (nSPS) is 11.5. The highest BCUT2D eigenvalue weighted by Crippen LogP contribution is 2.30. The van der Waals surface area contributed by atoms with Gasteiger partial charge in [-0.3, -0.25) is 14.2 Å². The van der Waals surface area contributed by atoms with Crippen LogP contribution in [-0.2, 0) is 11.3 Å². The van der Waals surface area contributed by atoms with Crippen molar-refractivity contribution in [1.82, 2.24) is 14.5 Å². The smallest absolute Gasteiger partial charge is 0.272 e. The van der Waals surface area contributed by atoms with Crippen molar-refractivity contribution in [2.45, 2.75) is 25.5 Å². The maximum absolute atomic E-state index is 13.8. The minimum absolute atomic E-state index is 0.00466. The molecule has 154 valence electrons. The van der Waals surface area contributed by atoms with Crippen molar-refractivity contribution >= 4 is 55.1 Å². The van der Waals surface area contributed by atoms with Crippen molar-refractivity contribution in [3.8, 4) is 0 Å². The topological polar surface area (TPSA) is 76.9 Å². The van der Waals surface area contributed by atoms with E-state index in [0.29, 0.717) is 21.9 Å². The zero-order valence-electron chi connectivity index (χ0n) is 16.4. The lowest BCUT2D eigenvalue weighted by molar-refractivity contribution is -0.113. The molecule has 30 heavy (non-hydrogen) atoms. The fourth-order valence-electron chi connectivity index (χ4n) is 3.06. The molecule has 0 spiro atoms. The lowest BCUT2D eigenvalue weighted by Crippen LogP contribution is -2.25. The van der Waals surface area contributed by atoms with E-state index < -0.39 is 5.82 Å². The van der Waals surface area contributed by atoms with Gasteiger partial charge in [-0.15, -0.1) is 11.3 Å². The standard InChI is InChI=1S/C21H19FN4O2S2/c1-12(2)10-26-20(28)18-17(13-6-5-9-23-19(13)30-18)25-21(26)29-11-16(27)24-15-8-4-3-7-14(15)22/h3-9,12H,10-11H2,1-2H3,(H,24,27). The molecule has 0 radical (unpaired) electrons. The van der Waals surface area contributed by atoms with Gasteiger partial charge in [0.05, 0.1) is 17.0 Å². The van der Waals surface area contributed by atoms with Gasteiger partial charge in [0.2, 0.25) is 5.91 Å². The second-order valence-electron chi connectivity index (χ2n) is 7.16. The van der Waals surface area contributed by atoms with Crippen molar-refractivity contribution in [2.24, 2.45) is 5.92 Å². The molecule has 1 N–H and O–H groups in total. The summed E-state index contributed by atoms with van der Waals surface area (Å²) in [5.41, 5.74) is 0.597. The van der Waals surface area contributed by atoms with Gasteiger partial charge in [-0.25, -0.2) is 14.4 Å². The fraction of sp³-hybridized carbons (Fsp3) is 0.238. The summed E-state index contributed by atoms with van der Waals surface area (Å²) < 4.78 is 16.0. The van der Waals surface area contributed by atoms with Crippen molar-refractivity contribution < 1.29 is 9.18 Å². The Balaban J connectivity index is 1.67. The fourth-order valence-corrected chi connectivity index (χ4v) is 4.89. The van der Waals surface area contributed by atoms with Crippen LogP contribution in [0.2, 0.25) is 0 Å². The number of hydrogen-bond donors (Lipinski definition) is 1. The van der Waals surface area contributed by atoms with Crippen molar-refractivity contribution in [3.63, 3.8) is 0 Å². The number of pyridine rings is 1. The second-order valence-corrected chi connectivity index (χ2v) is 9.10. The number of fused-ring (bicyclic) bond motifs is 3. The number of nitrogens with one attached hydrogen (secondary N) is 1. The van der Waals surface area contributed by atoms with Crippen LogP contribution in [0.3, 0.4) is 0 Å². The molecule has 0 saturated heterocycles. The number of carbonyl (C=O) groups is 1. The number of hydrogen-bond acceptors (Lipinski definition) is 6. The second kappa shape index (κ2) is 8.53. The van der Waals surface area contributed by atoms with Crippen LogP contribution in [0.1, 0.15) is 13.8 Å². The van der Waals surface area contributed by atoms with Crippen LogP contribution in [-0.4, -0.2) is 26.2 Å². The minimum atomic E-state index is -0.496. The van der Waals surface area contributed by atoms with E-state index in [4.69, 9.17) is 4.98 Å². The summed E-state index contributed by atoms with van der Waals surface area (Å²) in [6.07, 6.45) is 1.69. The number of rotatable bonds is 6. The molecule has 3 heterocycles. The first-order valence-electron chi connectivity index (χ1n) is 9.39. The molecule has 0 aliphatic heterocycles. The van der Waals surface area contributed by atoms with E-state index in [1.54, 1.807) is 22.9 Å². The average molecular weight is 443 g/mol. The highest BCUT2D eigenvalue weighted by atomic mass is 32.2. The van der Waals surface area contributed by atoms with Gasteiger partial charge in [0, 0.05) is 18.1 Å². The number of para-hydroxylation sites is 1. The summed E-state index contributed by atoms with van der Waals surface area (Å²) in [6, 6.07) is 9.70. The Hall–Kier alpha value is -2.78. The van der Waals surface area contributed by atoms with Crippen LogP contribution in [0.25, 0.3) is 20.4 Å². The van der Waals surface area contributed by atoms with Gasteiger partial charge < -0.3 is 5.32 Å². The van der Waals surface area contributed by atoms with E-state index in [1.165, 1.54) is 23.5 Å². The molecule has 1 aromatic carbocycles. The number of carbonyl (C=O) groups excluding carboxylic acids is 1. The molecular weight excluding hydrogens is 423 g/mol. The van der Waals surface area contributed by atoms with Gasteiger partial charge >= 0.3 is 0 Å². The van der Waals surface area contributed by atoms with E-state index in [9.17, 15) is 14.0 Å². The Labute approximate surface area is 180 Å². The molecule has 0 fully saturated rings. The summed E-state index contributed by atoms with van der Waals surface area (Å²) in [6.45, 7) is 4.52. The Morgan fingerprint density at radius 2 is 2.07 bits per heavy atom. The Morgan fingerprint density at radius 3 is 2.83 bits per heavy atom. The number of thiophene rings is 1. The van der Waals surface area contributed by atoms with Crippen LogP contribution >= 0.6 is 23.1 Å². The lowest BCUT2D eigenvalue weighted by Gasteiger charge is -2.14. The summed E-state index contributed by atoms with van der Waals surface area (Å²) >= 11 is 2.49. The number of halogens is 1. The third kappa shape index (κ3) is 4.08.